The summed E-state index contributed by atoms with van der Waals surface area (Å²) >= 11 is 0. The molecule has 0 atom stereocenters. The average molecular weight is 898 g/mol. The number of nitrogens with zero attached hydrogens (tertiary/aromatic N) is 3. The fourth-order valence-corrected chi connectivity index (χ4v) is 7.14. The van der Waals surface area contributed by atoms with E-state index in [4.69, 9.17) is 9.40 Å². The van der Waals surface area contributed by atoms with E-state index in [9.17, 15) is 0 Å². The summed E-state index contributed by atoms with van der Waals surface area (Å²) in [5.74, 6) is 0.795. The zero-order valence-electron chi connectivity index (χ0n) is 30.6. The van der Waals surface area contributed by atoms with Gasteiger partial charge in [0.05, 0.1) is 22.5 Å². The van der Waals surface area contributed by atoms with Crippen molar-refractivity contribution in [3.05, 3.63) is 212 Å². The molecule has 0 aliphatic rings. The van der Waals surface area contributed by atoms with E-state index in [0.29, 0.717) is 0 Å². The third-order valence-electron chi connectivity index (χ3n) is 9.70. The van der Waals surface area contributed by atoms with Crippen LogP contribution in [0.3, 0.4) is 0 Å². The van der Waals surface area contributed by atoms with Crippen molar-refractivity contribution in [3.63, 3.8) is 0 Å². The monoisotopic (exact) mass is 898 g/mol. The zero-order valence-corrected chi connectivity index (χ0v) is 33.0. The first-order valence-corrected chi connectivity index (χ1v) is 18.3. The second-order valence-electron chi connectivity index (χ2n) is 13.3. The second kappa shape index (κ2) is 16.4. The summed E-state index contributed by atoms with van der Waals surface area (Å²) < 4.78 is 8.35. The summed E-state index contributed by atoms with van der Waals surface area (Å²) in [5, 5.41) is 0.979. The summed E-state index contributed by atoms with van der Waals surface area (Å²) in [6.45, 7) is 2.16. The summed E-state index contributed by atoms with van der Waals surface area (Å²) in [4.78, 5) is 9.47. The Balaban J connectivity index is 0.000000290. The number of imidazole rings is 1. The van der Waals surface area contributed by atoms with Gasteiger partial charge in [-0.15, -0.1) is 35.9 Å². The molecule has 56 heavy (non-hydrogen) atoms. The first-order valence-electron chi connectivity index (χ1n) is 18.3. The number of hydrogen-bond acceptors (Lipinski definition) is 3. The Morgan fingerprint density at radius 3 is 1.84 bits per heavy atom. The molecule has 0 unspecified atom stereocenters. The number of para-hydroxylation sites is 2. The van der Waals surface area contributed by atoms with Gasteiger partial charge in [0.2, 0.25) is 0 Å². The Kier molecular flexibility index (Phi) is 10.6. The minimum Gasteiger partial charge on any atom is -0.557 e. The normalized spacial score (nSPS) is 10.8. The van der Waals surface area contributed by atoms with Crippen molar-refractivity contribution in [1.82, 2.24) is 14.5 Å². The molecular weight excluding hydrogens is 863 g/mol. The summed E-state index contributed by atoms with van der Waals surface area (Å²) in [6, 6.07) is 67.7. The van der Waals surface area contributed by atoms with Gasteiger partial charge < -0.3 is 14.0 Å². The van der Waals surface area contributed by atoms with E-state index < -0.39 is 0 Å². The van der Waals surface area contributed by atoms with Crippen molar-refractivity contribution < 1.29 is 24.5 Å². The van der Waals surface area contributed by atoms with Gasteiger partial charge in [-0.3, -0.25) is 4.98 Å². The van der Waals surface area contributed by atoms with Crippen LogP contribution in [0.1, 0.15) is 5.56 Å². The van der Waals surface area contributed by atoms with Crippen LogP contribution in [0.4, 0.5) is 0 Å². The van der Waals surface area contributed by atoms with Crippen molar-refractivity contribution in [2.24, 2.45) is 0 Å². The van der Waals surface area contributed by atoms with Gasteiger partial charge in [-0.25, -0.2) is 0 Å². The molecule has 4 nitrogen and oxygen atoms in total. The molecule has 0 spiro atoms. The number of aryl methyl sites for hydroxylation is 1. The van der Waals surface area contributed by atoms with Gasteiger partial charge in [0.25, 0.3) is 0 Å². The van der Waals surface area contributed by atoms with Crippen LogP contribution in [0.15, 0.2) is 199 Å². The predicted molar refractivity (Wildman–Crippen MR) is 225 cm³/mol. The molecule has 0 bridgehead atoms. The van der Waals surface area contributed by atoms with E-state index in [-0.39, 0.29) is 20.1 Å². The molecule has 271 valence electrons. The van der Waals surface area contributed by atoms with Gasteiger partial charge in [0.1, 0.15) is 0 Å². The molecule has 0 aliphatic carbocycles. The fourth-order valence-electron chi connectivity index (χ4n) is 7.14. The molecule has 10 rings (SSSR count). The van der Waals surface area contributed by atoms with Gasteiger partial charge >= 0.3 is 0 Å². The van der Waals surface area contributed by atoms with Crippen LogP contribution in [-0.2, 0) is 20.1 Å². The van der Waals surface area contributed by atoms with E-state index in [0.717, 1.165) is 83.7 Å². The number of fused-ring (bicyclic) bond motifs is 2. The Hall–Kier alpha value is -6.65. The number of rotatable bonds is 6. The Bertz CT molecular complexity index is 2750. The maximum Gasteiger partial charge on any atom is 0.0774 e. The smallest absolute Gasteiger partial charge is 0.0774 e. The van der Waals surface area contributed by atoms with Crippen LogP contribution >= 0.6 is 0 Å². The van der Waals surface area contributed by atoms with Crippen molar-refractivity contribution in [1.29, 1.82) is 0 Å². The zero-order chi connectivity index (χ0) is 37.0. The van der Waals surface area contributed by atoms with Crippen molar-refractivity contribution in [3.8, 4) is 61.7 Å². The van der Waals surface area contributed by atoms with Gasteiger partial charge in [-0.2, -0.15) is 0 Å². The van der Waals surface area contributed by atoms with Gasteiger partial charge in [0.15, 0.2) is 0 Å². The third kappa shape index (κ3) is 7.26. The van der Waals surface area contributed by atoms with E-state index in [2.05, 4.69) is 156 Å². The molecule has 5 heteroatoms. The van der Waals surface area contributed by atoms with Crippen molar-refractivity contribution in [2.45, 2.75) is 6.92 Å². The maximum atomic E-state index is 6.05. The van der Waals surface area contributed by atoms with Crippen LogP contribution in [0.25, 0.3) is 83.7 Å². The number of benzene rings is 7. The quantitative estimate of drug-likeness (QED) is 0.156. The predicted octanol–water partition coefficient (Wildman–Crippen LogP) is 13.1. The standard InChI is InChI=1S/C40H27N2O.C11H8N.Ir/c1-27-23-32(29-15-7-3-8-16-29)39(33(24-27)30-17-9-4-10-18-30)42-37-20-12-11-19-36(37)41-40(42)35-26-43-38-22-21-31(25-34(35)38)28-13-5-2-6-14-28;1-2-6-10(7-3-1)11-8-4-5-9-12-11;/h2-25H,1H3;1-6,8-9H;/q2*-1;. The summed E-state index contributed by atoms with van der Waals surface area (Å²) in [5.41, 5.74) is 14.7. The molecule has 0 N–H and O–H groups in total. The third-order valence-corrected chi connectivity index (χ3v) is 9.70. The molecule has 3 heterocycles. The number of pyridine rings is 1. The minimum atomic E-state index is 0. The van der Waals surface area contributed by atoms with Crippen LogP contribution in [0.2, 0.25) is 0 Å². The van der Waals surface area contributed by atoms with E-state index in [1.165, 1.54) is 5.56 Å². The van der Waals surface area contributed by atoms with Crippen LogP contribution in [0.5, 0.6) is 0 Å². The van der Waals surface area contributed by atoms with Gasteiger partial charge in [-0.05, 0) is 70.8 Å². The van der Waals surface area contributed by atoms with E-state index in [1.54, 1.807) is 6.20 Å². The molecule has 0 aliphatic heterocycles. The van der Waals surface area contributed by atoms with Crippen LogP contribution in [-0.4, -0.2) is 14.5 Å². The van der Waals surface area contributed by atoms with E-state index in [1.807, 2.05) is 60.7 Å². The molecular formula is C51H35IrN3O-2. The largest absolute Gasteiger partial charge is 0.557 e. The minimum absolute atomic E-state index is 0. The molecule has 0 saturated carbocycles. The summed E-state index contributed by atoms with van der Waals surface area (Å²) in [7, 11) is 0. The number of hydrogen-bond donors (Lipinski definition) is 0. The molecule has 3 aromatic heterocycles. The molecule has 0 fully saturated rings. The van der Waals surface area contributed by atoms with Crippen molar-refractivity contribution in [2.75, 3.05) is 0 Å². The SMILES string of the molecule is Cc1cc(-c2ccccc2)c(-n2c(-c3[c-]oc4ccc(-c5ccccc5)cc34)nc3ccccc32)c(-c2ccccc2)c1.[Ir].[c-]1ccccc1-c1ccccn1. The first kappa shape index (κ1) is 36.3. The van der Waals surface area contributed by atoms with Crippen LogP contribution in [0, 0.1) is 19.3 Å². The number of aromatic nitrogens is 3. The Morgan fingerprint density at radius 2 is 1.20 bits per heavy atom. The first-order chi connectivity index (χ1) is 27.2. The average Bonchev–Trinajstić information content (AvgIpc) is 3.86. The van der Waals surface area contributed by atoms with Gasteiger partial charge in [0, 0.05) is 49.3 Å². The molecule has 7 aromatic carbocycles. The fraction of sp³-hybridized carbons (Fsp3) is 0.0196. The number of furan rings is 1. The second-order valence-corrected chi connectivity index (χ2v) is 13.3. The topological polar surface area (TPSA) is 43.9 Å². The van der Waals surface area contributed by atoms with Crippen LogP contribution < -0.4 is 0 Å². The molecule has 10 aromatic rings. The Labute approximate surface area is 340 Å². The molecule has 0 saturated heterocycles. The molecule has 1 radical (unpaired) electrons. The van der Waals surface area contributed by atoms with Gasteiger partial charge in [-0.1, -0.05) is 144 Å². The van der Waals surface area contributed by atoms with E-state index >= 15 is 0 Å². The van der Waals surface area contributed by atoms with Crippen molar-refractivity contribution >= 4 is 22.0 Å². The Morgan fingerprint density at radius 1 is 0.571 bits per heavy atom. The molecule has 0 amide bonds. The summed E-state index contributed by atoms with van der Waals surface area (Å²) in [6.07, 6.45) is 5.04. The maximum absolute atomic E-state index is 6.05.